The highest BCUT2D eigenvalue weighted by atomic mass is 16.5. The van der Waals surface area contributed by atoms with E-state index in [0.717, 1.165) is 0 Å². The molecule has 0 atom stereocenters. The smallest absolute Gasteiger partial charge is 0.338 e. The first-order valence-corrected chi connectivity index (χ1v) is 4.37. The van der Waals surface area contributed by atoms with Crippen LogP contribution in [0.3, 0.4) is 0 Å². The second kappa shape index (κ2) is 5.24. The van der Waals surface area contributed by atoms with Crippen LogP contribution in [-0.2, 0) is 4.74 Å². The zero-order valence-electron chi connectivity index (χ0n) is 7.77. The molecule has 0 unspecified atom stereocenters. The minimum atomic E-state index is -0.411. The van der Waals surface area contributed by atoms with Crippen molar-refractivity contribution in [3.8, 4) is 0 Å². The number of nitrogens with two attached hydrogens (primary N) is 1. The Morgan fingerprint density at radius 3 is 2.93 bits per heavy atom. The van der Waals surface area contributed by atoms with E-state index in [9.17, 15) is 4.79 Å². The average Bonchev–Trinajstić information content (AvgIpc) is 2.18. The third-order valence-electron chi connectivity index (χ3n) is 1.66. The fourth-order valence-electron chi connectivity index (χ4n) is 0.978. The predicted molar refractivity (Wildman–Crippen MR) is 52.8 cm³/mol. The minimum absolute atomic E-state index is 0.0181. The standard InChI is InChI=1S/C10H13NO3/c11-9-4-1-3-8(7-9)10(13)14-6-2-5-12/h1,3-4,7,12H,2,5-6,11H2. The van der Waals surface area contributed by atoms with Crippen molar-refractivity contribution in [3.05, 3.63) is 29.8 Å². The van der Waals surface area contributed by atoms with Crippen LogP contribution in [0.4, 0.5) is 5.69 Å². The largest absolute Gasteiger partial charge is 0.462 e. The lowest BCUT2D eigenvalue weighted by Crippen LogP contribution is -2.07. The van der Waals surface area contributed by atoms with Crippen molar-refractivity contribution in [1.82, 2.24) is 0 Å². The van der Waals surface area contributed by atoms with Crippen LogP contribution in [0.5, 0.6) is 0 Å². The van der Waals surface area contributed by atoms with E-state index < -0.39 is 5.97 Å². The Kier molecular flexibility index (Phi) is 3.94. The summed E-state index contributed by atoms with van der Waals surface area (Å²) in [4.78, 5) is 11.3. The molecule has 0 aliphatic heterocycles. The molecule has 0 aliphatic carbocycles. The Balaban J connectivity index is 2.52. The van der Waals surface area contributed by atoms with Gasteiger partial charge >= 0.3 is 5.97 Å². The molecule has 0 saturated carbocycles. The molecule has 14 heavy (non-hydrogen) atoms. The Labute approximate surface area is 82.3 Å². The highest BCUT2D eigenvalue weighted by Crippen LogP contribution is 2.07. The van der Waals surface area contributed by atoms with Crippen molar-refractivity contribution in [2.24, 2.45) is 0 Å². The summed E-state index contributed by atoms with van der Waals surface area (Å²) < 4.78 is 4.87. The predicted octanol–water partition coefficient (Wildman–Crippen LogP) is 0.808. The van der Waals surface area contributed by atoms with Crippen LogP contribution in [0.25, 0.3) is 0 Å². The molecule has 0 aromatic heterocycles. The summed E-state index contributed by atoms with van der Waals surface area (Å²) in [6.45, 7) is 0.244. The summed E-state index contributed by atoms with van der Waals surface area (Å²) in [5.74, 6) is -0.411. The number of hydrogen-bond donors (Lipinski definition) is 2. The van der Waals surface area contributed by atoms with Crippen molar-refractivity contribution >= 4 is 11.7 Å². The maximum Gasteiger partial charge on any atom is 0.338 e. The van der Waals surface area contributed by atoms with Gasteiger partial charge in [0.1, 0.15) is 0 Å². The molecule has 1 rings (SSSR count). The summed E-state index contributed by atoms with van der Waals surface area (Å²) >= 11 is 0. The third-order valence-corrected chi connectivity index (χ3v) is 1.66. The van der Waals surface area contributed by atoms with Crippen molar-refractivity contribution in [2.45, 2.75) is 6.42 Å². The molecule has 0 amide bonds. The molecule has 0 heterocycles. The molecule has 0 spiro atoms. The van der Waals surface area contributed by atoms with Crippen LogP contribution in [0.1, 0.15) is 16.8 Å². The van der Waals surface area contributed by atoms with Crippen LogP contribution >= 0.6 is 0 Å². The number of carbonyl (C=O) groups excluding carboxylic acids is 1. The Morgan fingerprint density at radius 1 is 1.50 bits per heavy atom. The van der Waals surface area contributed by atoms with Gasteiger partial charge in [-0.2, -0.15) is 0 Å². The van der Waals surface area contributed by atoms with Gasteiger partial charge in [-0.3, -0.25) is 0 Å². The number of esters is 1. The summed E-state index contributed by atoms with van der Waals surface area (Å²) in [7, 11) is 0. The molecule has 0 aliphatic rings. The second-order valence-corrected chi connectivity index (χ2v) is 2.84. The number of aliphatic hydroxyl groups excluding tert-OH is 1. The van der Waals surface area contributed by atoms with E-state index in [2.05, 4.69) is 0 Å². The van der Waals surface area contributed by atoms with Crippen molar-refractivity contribution < 1.29 is 14.6 Å². The monoisotopic (exact) mass is 195 g/mol. The summed E-state index contributed by atoms with van der Waals surface area (Å²) in [6.07, 6.45) is 0.452. The molecule has 1 aromatic carbocycles. The van der Waals surface area contributed by atoms with E-state index in [1.54, 1.807) is 24.3 Å². The lowest BCUT2D eigenvalue weighted by atomic mass is 10.2. The van der Waals surface area contributed by atoms with Gasteiger partial charge in [-0.1, -0.05) is 6.07 Å². The zero-order chi connectivity index (χ0) is 10.4. The first-order chi connectivity index (χ1) is 6.74. The fraction of sp³-hybridized carbons (Fsp3) is 0.300. The number of hydrogen-bond acceptors (Lipinski definition) is 4. The molecule has 0 radical (unpaired) electrons. The van der Waals surface area contributed by atoms with E-state index in [1.165, 1.54) is 0 Å². The molecule has 1 aromatic rings. The number of benzene rings is 1. The molecule has 0 fully saturated rings. The Morgan fingerprint density at radius 2 is 2.29 bits per heavy atom. The van der Waals surface area contributed by atoms with E-state index in [0.29, 0.717) is 17.7 Å². The molecule has 3 N–H and O–H groups in total. The maximum absolute atomic E-state index is 11.3. The van der Waals surface area contributed by atoms with Crippen LogP contribution < -0.4 is 5.73 Å². The second-order valence-electron chi connectivity index (χ2n) is 2.84. The number of anilines is 1. The number of carbonyl (C=O) groups is 1. The Hall–Kier alpha value is -1.55. The van der Waals surface area contributed by atoms with Gasteiger partial charge in [-0.25, -0.2) is 4.79 Å². The van der Waals surface area contributed by atoms with Crippen molar-refractivity contribution in [3.63, 3.8) is 0 Å². The molecule has 4 heteroatoms. The minimum Gasteiger partial charge on any atom is -0.462 e. The highest BCUT2D eigenvalue weighted by Gasteiger charge is 2.05. The molecule has 0 saturated heterocycles. The van der Waals surface area contributed by atoms with E-state index >= 15 is 0 Å². The first-order valence-electron chi connectivity index (χ1n) is 4.37. The van der Waals surface area contributed by atoms with Gasteiger partial charge in [0.15, 0.2) is 0 Å². The molecule has 4 nitrogen and oxygen atoms in total. The third kappa shape index (κ3) is 3.06. The van der Waals surface area contributed by atoms with Crippen molar-refractivity contribution in [2.75, 3.05) is 18.9 Å². The summed E-state index contributed by atoms with van der Waals surface area (Å²) in [5.41, 5.74) is 6.47. The summed E-state index contributed by atoms with van der Waals surface area (Å²) in [5, 5.41) is 8.48. The molecular weight excluding hydrogens is 182 g/mol. The maximum atomic E-state index is 11.3. The molecule has 0 bridgehead atoms. The normalized spacial score (nSPS) is 9.79. The highest BCUT2D eigenvalue weighted by molar-refractivity contribution is 5.90. The zero-order valence-corrected chi connectivity index (χ0v) is 7.77. The van der Waals surface area contributed by atoms with Gasteiger partial charge in [-0.15, -0.1) is 0 Å². The van der Waals surface area contributed by atoms with Crippen LogP contribution in [0, 0.1) is 0 Å². The van der Waals surface area contributed by atoms with Crippen LogP contribution in [0.15, 0.2) is 24.3 Å². The fourth-order valence-corrected chi connectivity index (χ4v) is 0.978. The van der Waals surface area contributed by atoms with Crippen LogP contribution in [0.2, 0.25) is 0 Å². The number of ether oxygens (including phenoxy) is 1. The topological polar surface area (TPSA) is 72.6 Å². The van der Waals surface area contributed by atoms with Gasteiger partial charge in [0, 0.05) is 18.7 Å². The lowest BCUT2D eigenvalue weighted by molar-refractivity contribution is 0.0482. The van der Waals surface area contributed by atoms with Gasteiger partial charge in [0.05, 0.1) is 12.2 Å². The van der Waals surface area contributed by atoms with E-state index in [4.69, 9.17) is 15.6 Å². The number of nitrogen functional groups attached to an aromatic ring is 1. The molecule has 76 valence electrons. The quantitative estimate of drug-likeness (QED) is 0.423. The summed E-state index contributed by atoms with van der Waals surface area (Å²) in [6, 6.07) is 6.58. The van der Waals surface area contributed by atoms with Crippen molar-refractivity contribution in [1.29, 1.82) is 0 Å². The SMILES string of the molecule is Nc1cccc(C(=O)OCCCO)c1. The van der Waals surface area contributed by atoms with Crippen LogP contribution in [-0.4, -0.2) is 24.3 Å². The van der Waals surface area contributed by atoms with E-state index in [-0.39, 0.29) is 13.2 Å². The van der Waals surface area contributed by atoms with Gasteiger partial charge in [0.2, 0.25) is 0 Å². The van der Waals surface area contributed by atoms with Gasteiger partial charge in [-0.05, 0) is 18.2 Å². The molecular formula is C10H13NO3. The number of aliphatic hydroxyl groups is 1. The average molecular weight is 195 g/mol. The van der Waals surface area contributed by atoms with E-state index in [1.807, 2.05) is 0 Å². The lowest BCUT2D eigenvalue weighted by Gasteiger charge is -2.03. The Bertz CT molecular complexity index is 312. The van der Waals surface area contributed by atoms with Gasteiger partial charge < -0.3 is 15.6 Å². The van der Waals surface area contributed by atoms with Gasteiger partial charge in [0.25, 0.3) is 0 Å². The number of rotatable bonds is 4. The first kappa shape index (κ1) is 10.5.